The zero-order valence-corrected chi connectivity index (χ0v) is 6.92. The standard InChI is InChI=1S/Cd.NO3.H2O/c;2-1(3)4;/h;;1H2/q+2;-1;. The van der Waals surface area contributed by atoms with Gasteiger partial charge in [-0.2, -0.15) is 0 Å². The Bertz CT molecular complexity index is 30.5. The van der Waals surface area contributed by atoms with Crippen LogP contribution in [0.15, 0.2) is 0 Å². The third-order valence-electron chi connectivity index (χ3n) is 0. The summed E-state index contributed by atoms with van der Waals surface area (Å²) >= 11 is 0. The Labute approximate surface area is 53.5 Å². The van der Waals surface area contributed by atoms with Gasteiger partial charge in [-0.3, -0.25) is 0 Å². The quantitative estimate of drug-likeness (QED) is 0.278. The first-order valence-corrected chi connectivity index (χ1v) is 0.548. The molecule has 0 rings (SSSR count). The maximum Gasteiger partial charge on any atom is 2.00 e. The van der Waals surface area contributed by atoms with Crippen molar-refractivity contribution in [1.29, 1.82) is 0 Å². The van der Waals surface area contributed by atoms with Crippen LogP contribution in [0, 0.1) is 15.3 Å². The minimum absolute atomic E-state index is 0. The van der Waals surface area contributed by atoms with E-state index in [4.69, 9.17) is 15.3 Å². The Hall–Kier alpha value is 0.0821. The molecule has 0 aliphatic rings. The second-order valence-electron chi connectivity index (χ2n) is 0.224. The summed E-state index contributed by atoms with van der Waals surface area (Å²) in [7, 11) is 0. The molecule has 6 heavy (non-hydrogen) atoms. The van der Waals surface area contributed by atoms with E-state index in [1.807, 2.05) is 0 Å². The average molecular weight is 192 g/mol. The van der Waals surface area contributed by atoms with Crippen LogP contribution in [-0.4, -0.2) is 10.6 Å². The molecule has 0 saturated heterocycles. The van der Waals surface area contributed by atoms with Crippen LogP contribution >= 0.6 is 0 Å². The van der Waals surface area contributed by atoms with Crippen LogP contribution in [0.25, 0.3) is 0 Å². The molecule has 0 heterocycles. The predicted molar refractivity (Wildman–Crippen MR) is 14.0 cm³/mol. The van der Waals surface area contributed by atoms with Gasteiger partial charge in [-0.15, -0.1) is 0 Å². The second kappa shape index (κ2) is 8.91. The molecule has 0 aromatic rings. The third kappa shape index (κ3) is 5760. The number of hydrogen-bond donors (Lipinski definition) is 0. The van der Waals surface area contributed by atoms with E-state index in [2.05, 4.69) is 0 Å². The first-order chi connectivity index (χ1) is 1.73. The molecule has 0 fully saturated rings. The molecule has 0 radical (unpaired) electrons. The number of nitrogens with zero attached hydrogens (tertiary/aromatic N) is 1. The first-order valence-electron chi connectivity index (χ1n) is 0.548. The third-order valence-corrected chi connectivity index (χ3v) is 0. The van der Waals surface area contributed by atoms with Crippen molar-refractivity contribution in [3.63, 3.8) is 0 Å². The van der Waals surface area contributed by atoms with Gasteiger partial charge in [-0.1, -0.05) is 0 Å². The van der Waals surface area contributed by atoms with Gasteiger partial charge in [0.1, 0.15) is 0 Å². The van der Waals surface area contributed by atoms with Gasteiger partial charge in [-0.05, 0) is 0 Å². The Balaban J connectivity index is -0.0000000450. The predicted octanol–water partition coefficient (Wildman–Crippen LogP) is -1.07. The van der Waals surface area contributed by atoms with Crippen LogP contribution < -0.4 is 0 Å². The van der Waals surface area contributed by atoms with Crippen molar-refractivity contribution >= 4 is 0 Å². The van der Waals surface area contributed by atoms with E-state index in [0.717, 1.165) is 0 Å². The molecule has 5 nitrogen and oxygen atoms in total. The Morgan fingerprint density at radius 3 is 1.33 bits per heavy atom. The molecule has 0 aromatic heterocycles. The molecular formula is H2CdNO4+. The van der Waals surface area contributed by atoms with Crippen molar-refractivity contribution in [2.24, 2.45) is 0 Å². The van der Waals surface area contributed by atoms with Crippen LogP contribution in [-0.2, 0) is 27.3 Å². The largest absolute Gasteiger partial charge is 2.00 e. The maximum absolute atomic E-state index is 8.25. The van der Waals surface area contributed by atoms with Gasteiger partial charge in [0.25, 0.3) is 0 Å². The van der Waals surface area contributed by atoms with Crippen LogP contribution in [0.2, 0.25) is 0 Å². The summed E-state index contributed by atoms with van der Waals surface area (Å²) < 4.78 is 0. The summed E-state index contributed by atoms with van der Waals surface area (Å²) in [6.07, 6.45) is 0. The van der Waals surface area contributed by atoms with Crippen molar-refractivity contribution in [3.8, 4) is 0 Å². The molecule has 6 heteroatoms. The van der Waals surface area contributed by atoms with Crippen LogP contribution in [0.3, 0.4) is 0 Å². The summed E-state index contributed by atoms with van der Waals surface area (Å²) in [5.74, 6) is 0. The van der Waals surface area contributed by atoms with E-state index in [1.165, 1.54) is 0 Å². The van der Waals surface area contributed by atoms with Crippen LogP contribution in [0.5, 0.6) is 0 Å². The molecule has 0 spiro atoms. The zero-order chi connectivity index (χ0) is 3.58. The minimum atomic E-state index is -1.75. The normalized spacial score (nSPS) is 4.00. The Kier molecular flexibility index (Phi) is 24.6. The van der Waals surface area contributed by atoms with Crippen molar-refractivity contribution in [2.45, 2.75) is 0 Å². The molecule has 0 amide bonds. The second-order valence-corrected chi connectivity index (χ2v) is 0.224. The van der Waals surface area contributed by atoms with Crippen molar-refractivity contribution in [1.82, 2.24) is 0 Å². The summed E-state index contributed by atoms with van der Waals surface area (Å²) in [6, 6.07) is 0. The van der Waals surface area contributed by atoms with Crippen molar-refractivity contribution in [2.75, 3.05) is 0 Å². The van der Waals surface area contributed by atoms with Gasteiger partial charge in [0.2, 0.25) is 0 Å². The minimum Gasteiger partial charge on any atom is -0.412 e. The molecule has 0 aliphatic heterocycles. The fourth-order valence-electron chi connectivity index (χ4n) is 0. The number of rotatable bonds is 0. The molecule has 0 unspecified atom stereocenters. The van der Waals surface area contributed by atoms with Gasteiger partial charge < -0.3 is 20.8 Å². The molecule has 2 N–H and O–H groups in total. The average Bonchev–Trinajstić information content (AvgIpc) is 0.811. The molecule has 0 aromatic carbocycles. The molecule has 0 atom stereocenters. The van der Waals surface area contributed by atoms with E-state index >= 15 is 0 Å². The van der Waals surface area contributed by atoms with Crippen molar-refractivity contribution < 1.29 is 37.9 Å². The van der Waals surface area contributed by atoms with E-state index < -0.39 is 5.09 Å². The monoisotopic (exact) mass is 194 g/mol. The Morgan fingerprint density at radius 1 is 1.33 bits per heavy atom. The van der Waals surface area contributed by atoms with Gasteiger partial charge in [0.05, 0.1) is 5.09 Å². The van der Waals surface area contributed by atoms with E-state index in [9.17, 15) is 0 Å². The summed E-state index contributed by atoms with van der Waals surface area (Å²) in [5.41, 5.74) is 0. The fraction of sp³-hybridized carbons (Fsp3) is 0. The van der Waals surface area contributed by atoms with Gasteiger partial charge in [-0.25, -0.2) is 0 Å². The zero-order valence-electron chi connectivity index (χ0n) is 2.88. The number of hydrogen-bond acceptors (Lipinski definition) is 3. The first kappa shape index (κ1) is 16.5. The van der Waals surface area contributed by atoms with E-state index in [-0.39, 0.29) is 32.8 Å². The van der Waals surface area contributed by atoms with E-state index in [0.29, 0.717) is 0 Å². The van der Waals surface area contributed by atoms with Gasteiger partial charge >= 0.3 is 27.3 Å². The summed E-state index contributed by atoms with van der Waals surface area (Å²) in [4.78, 5) is 8.25. The molecule has 32 valence electrons. The van der Waals surface area contributed by atoms with E-state index in [1.54, 1.807) is 0 Å². The smallest absolute Gasteiger partial charge is 0.412 e. The molecule has 0 aliphatic carbocycles. The summed E-state index contributed by atoms with van der Waals surface area (Å²) in [6.45, 7) is 0. The maximum atomic E-state index is 8.25. The van der Waals surface area contributed by atoms with Crippen LogP contribution in [0.1, 0.15) is 0 Å². The Morgan fingerprint density at radius 2 is 1.33 bits per heavy atom. The SMILES string of the molecule is O.O=[N+]([O-])[O-].[Cd+2]. The van der Waals surface area contributed by atoms with Crippen LogP contribution in [0.4, 0.5) is 0 Å². The molecular weight excluding hydrogens is 190 g/mol. The molecule has 0 saturated carbocycles. The molecule has 0 bridgehead atoms. The van der Waals surface area contributed by atoms with Gasteiger partial charge in [0, 0.05) is 0 Å². The topological polar surface area (TPSA) is 97.7 Å². The van der Waals surface area contributed by atoms with Crippen molar-refractivity contribution in [3.05, 3.63) is 15.3 Å². The fourth-order valence-corrected chi connectivity index (χ4v) is 0. The summed E-state index contributed by atoms with van der Waals surface area (Å²) in [5, 5.41) is 14.8. The van der Waals surface area contributed by atoms with Gasteiger partial charge in [0.15, 0.2) is 0 Å².